The van der Waals surface area contributed by atoms with Crippen molar-refractivity contribution in [2.24, 2.45) is 11.0 Å². The predicted molar refractivity (Wildman–Crippen MR) is 97.6 cm³/mol. The Morgan fingerprint density at radius 1 is 1.31 bits per heavy atom. The number of hydrazone groups is 1. The molecule has 0 saturated heterocycles. The number of benzene rings is 2. The minimum atomic E-state index is -0.381. The van der Waals surface area contributed by atoms with Crippen LogP contribution in [0.2, 0.25) is 0 Å². The first kappa shape index (κ1) is 16.8. The quantitative estimate of drug-likeness (QED) is 0.835. The lowest BCUT2D eigenvalue weighted by Crippen LogP contribution is -2.32. The second kappa shape index (κ2) is 6.56. The van der Waals surface area contributed by atoms with Gasteiger partial charge in [0.05, 0.1) is 18.9 Å². The Bertz CT molecular complexity index is 893. The summed E-state index contributed by atoms with van der Waals surface area (Å²) in [5, 5.41) is 6.17. The van der Waals surface area contributed by atoms with Crippen LogP contribution < -0.4 is 4.74 Å². The highest BCUT2D eigenvalue weighted by atomic mass is 19.1. The lowest BCUT2D eigenvalue weighted by molar-refractivity contribution is -0.133. The lowest BCUT2D eigenvalue weighted by atomic mass is 9.77. The van der Waals surface area contributed by atoms with Crippen LogP contribution in [-0.2, 0) is 11.2 Å². The highest BCUT2D eigenvalue weighted by Gasteiger charge is 2.44. The molecule has 4 rings (SSSR count). The number of hydrogen-bond acceptors (Lipinski definition) is 3. The third kappa shape index (κ3) is 2.59. The first-order valence-electron chi connectivity index (χ1n) is 8.96. The van der Waals surface area contributed by atoms with Crippen molar-refractivity contribution >= 4 is 11.6 Å². The van der Waals surface area contributed by atoms with Crippen LogP contribution in [0.25, 0.3) is 0 Å². The van der Waals surface area contributed by atoms with Crippen LogP contribution >= 0.6 is 0 Å². The van der Waals surface area contributed by atoms with E-state index in [0.29, 0.717) is 12.0 Å². The Morgan fingerprint density at radius 2 is 2.12 bits per heavy atom. The van der Waals surface area contributed by atoms with Gasteiger partial charge in [0.2, 0.25) is 5.91 Å². The number of halogens is 1. The Balaban J connectivity index is 1.81. The molecule has 0 bridgehead atoms. The maximum Gasteiger partial charge on any atom is 0.242 e. The number of aryl methyl sites for hydroxylation is 1. The number of hydrogen-bond donors (Lipinski definition) is 0. The number of nitrogens with zero attached hydrogens (tertiary/aromatic N) is 2. The smallest absolute Gasteiger partial charge is 0.242 e. The topological polar surface area (TPSA) is 41.9 Å². The molecule has 0 N–H and O–H groups in total. The van der Waals surface area contributed by atoms with Gasteiger partial charge in [-0.1, -0.05) is 25.1 Å². The van der Waals surface area contributed by atoms with Gasteiger partial charge in [0.15, 0.2) is 0 Å². The number of carbonyl (C=O) groups excluding carboxylic acids is 1. The van der Waals surface area contributed by atoms with Crippen molar-refractivity contribution in [2.45, 2.75) is 32.2 Å². The molecule has 1 heterocycles. The lowest BCUT2D eigenvalue weighted by Gasteiger charge is -2.29. The van der Waals surface area contributed by atoms with E-state index in [1.165, 1.54) is 11.1 Å². The van der Waals surface area contributed by atoms with Crippen LogP contribution in [0, 0.1) is 11.7 Å². The normalized spacial score (nSPS) is 21.0. The van der Waals surface area contributed by atoms with Crippen molar-refractivity contribution in [3.8, 4) is 5.75 Å². The summed E-state index contributed by atoms with van der Waals surface area (Å²) in [7, 11) is 1.65. The molecule has 0 saturated carbocycles. The molecule has 0 aromatic heterocycles. The molecule has 0 radical (unpaired) electrons. The molecular formula is C21H21FN2O2. The second-order valence-electron chi connectivity index (χ2n) is 6.71. The fourth-order valence-electron chi connectivity index (χ4n) is 4.02. The minimum Gasteiger partial charge on any atom is -0.497 e. The van der Waals surface area contributed by atoms with E-state index in [2.05, 4.69) is 5.10 Å². The molecule has 134 valence electrons. The van der Waals surface area contributed by atoms with E-state index in [0.717, 1.165) is 35.4 Å². The Labute approximate surface area is 152 Å². The molecule has 1 aliphatic heterocycles. The molecule has 2 aromatic rings. The van der Waals surface area contributed by atoms with Gasteiger partial charge in [-0.05, 0) is 42.7 Å². The standard InChI is InChI=1S/C21H21FN2O2/c1-3-19(25)24-21(16-6-4-5-7-18(16)22)17-10-8-13-12-14(26-2)9-11-15(13)20(17)23-24/h4-7,9,11-12,17,21H,3,8,10H2,1-2H3/t17-,21+/m0/s1. The van der Waals surface area contributed by atoms with Crippen molar-refractivity contribution in [1.29, 1.82) is 0 Å². The minimum absolute atomic E-state index is 0.00305. The number of rotatable bonds is 3. The summed E-state index contributed by atoms with van der Waals surface area (Å²) in [6, 6.07) is 12.2. The van der Waals surface area contributed by atoms with E-state index in [1.807, 2.05) is 31.2 Å². The molecule has 2 aliphatic rings. The first-order chi connectivity index (χ1) is 12.6. The summed E-state index contributed by atoms with van der Waals surface area (Å²) in [5.41, 5.74) is 3.62. The molecule has 4 nitrogen and oxygen atoms in total. The van der Waals surface area contributed by atoms with Crippen LogP contribution in [0.15, 0.2) is 47.6 Å². The van der Waals surface area contributed by atoms with Crippen LogP contribution in [0.1, 0.15) is 42.5 Å². The highest BCUT2D eigenvalue weighted by molar-refractivity contribution is 6.07. The summed E-state index contributed by atoms with van der Waals surface area (Å²) >= 11 is 0. The fraction of sp³-hybridized carbons (Fsp3) is 0.333. The van der Waals surface area contributed by atoms with Crippen LogP contribution in [0.3, 0.4) is 0 Å². The summed E-state index contributed by atoms with van der Waals surface area (Å²) in [6.07, 6.45) is 2.02. The third-order valence-corrected chi connectivity index (χ3v) is 5.31. The third-order valence-electron chi connectivity index (χ3n) is 5.31. The number of amides is 1. The maximum absolute atomic E-state index is 14.5. The van der Waals surface area contributed by atoms with Crippen molar-refractivity contribution in [3.63, 3.8) is 0 Å². The number of carbonyl (C=O) groups is 1. The van der Waals surface area contributed by atoms with Crippen molar-refractivity contribution in [2.75, 3.05) is 7.11 Å². The first-order valence-corrected chi connectivity index (χ1v) is 8.96. The Kier molecular flexibility index (Phi) is 4.23. The second-order valence-corrected chi connectivity index (χ2v) is 6.71. The van der Waals surface area contributed by atoms with Gasteiger partial charge in [-0.15, -0.1) is 0 Å². The van der Waals surface area contributed by atoms with Gasteiger partial charge in [-0.2, -0.15) is 5.10 Å². The van der Waals surface area contributed by atoms with Gasteiger partial charge in [0, 0.05) is 23.5 Å². The van der Waals surface area contributed by atoms with Crippen LogP contribution in [-0.4, -0.2) is 23.7 Å². The van der Waals surface area contributed by atoms with E-state index >= 15 is 0 Å². The van der Waals surface area contributed by atoms with Gasteiger partial charge in [0.25, 0.3) is 0 Å². The monoisotopic (exact) mass is 352 g/mol. The molecule has 2 atom stereocenters. The van der Waals surface area contributed by atoms with Gasteiger partial charge in [-0.25, -0.2) is 9.40 Å². The zero-order valence-corrected chi connectivity index (χ0v) is 14.9. The fourth-order valence-corrected chi connectivity index (χ4v) is 4.02. The van der Waals surface area contributed by atoms with Gasteiger partial charge in [0.1, 0.15) is 11.6 Å². The molecule has 1 aliphatic carbocycles. The SMILES string of the molecule is CCC(=O)N1N=C2c3ccc(OC)cc3CC[C@@H]2[C@H]1c1ccccc1F. The van der Waals surface area contributed by atoms with E-state index < -0.39 is 0 Å². The largest absolute Gasteiger partial charge is 0.497 e. The highest BCUT2D eigenvalue weighted by Crippen LogP contribution is 2.44. The van der Waals surface area contributed by atoms with Gasteiger partial charge in [-0.3, -0.25) is 4.79 Å². The van der Waals surface area contributed by atoms with Crippen molar-refractivity contribution < 1.29 is 13.9 Å². The molecule has 26 heavy (non-hydrogen) atoms. The average molecular weight is 352 g/mol. The Hall–Kier alpha value is -2.69. The molecule has 1 amide bonds. The molecule has 0 spiro atoms. The van der Waals surface area contributed by atoms with Crippen LogP contribution in [0.4, 0.5) is 4.39 Å². The number of methoxy groups -OCH3 is 1. The number of ether oxygens (including phenoxy) is 1. The van der Waals surface area contributed by atoms with Crippen LogP contribution in [0.5, 0.6) is 5.75 Å². The zero-order chi connectivity index (χ0) is 18.3. The summed E-state index contributed by atoms with van der Waals surface area (Å²) in [4.78, 5) is 12.5. The zero-order valence-electron chi connectivity index (χ0n) is 14.9. The van der Waals surface area contributed by atoms with E-state index in [1.54, 1.807) is 19.2 Å². The summed E-state index contributed by atoms with van der Waals surface area (Å²) in [6.45, 7) is 1.81. The maximum atomic E-state index is 14.5. The predicted octanol–water partition coefficient (Wildman–Crippen LogP) is 4.09. The molecule has 2 aromatic carbocycles. The Morgan fingerprint density at radius 3 is 2.85 bits per heavy atom. The summed E-state index contributed by atoms with van der Waals surface area (Å²) < 4.78 is 19.9. The van der Waals surface area contributed by atoms with E-state index in [4.69, 9.17) is 4.74 Å². The molecular weight excluding hydrogens is 331 g/mol. The van der Waals surface area contributed by atoms with E-state index in [9.17, 15) is 9.18 Å². The van der Waals surface area contributed by atoms with Crippen molar-refractivity contribution in [1.82, 2.24) is 5.01 Å². The number of fused-ring (bicyclic) bond motifs is 3. The molecule has 5 heteroatoms. The van der Waals surface area contributed by atoms with Gasteiger partial charge >= 0.3 is 0 Å². The molecule has 0 fully saturated rings. The molecule has 0 unspecified atom stereocenters. The average Bonchev–Trinajstić information content (AvgIpc) is 3.07. The van der Waals surface area contributed by atoms with E-state index in [-0.39, 0.29) is 23.7 Å². The summed E-state index contributed by atoms with van der Waals surface area (Å²) in [5.74, 6) is 0.440. The van der Waals surface area contributed by atoms with Gasteiger partial charge < -0.3 is 4.74 Å². The van der Waals surface area contributed by atoms with Crippen molar-refractivity contribution in [3.05, 3.63) is 65.0 Å².